The molecule has 0 spiro atoms. The van der Waals surface area contributed by atoms with Crippen molar-refractivity contribution in [2.45, 2.75) is 109 Å². The Labute approximate surface area is 165 Å². The lowest BCUT2D eigenvalue weighted by atomic mass is 9.65. The van der Waals surface area contributed by atoms with Crippen molar-refractivity contribution >= 4 is 0 Å². The van der Waals surface area contributed by atoms with Crippen molar-refractivity contribution in [1.82, 2.24) is 0 Å². The van der Waals surface area contributed by atoms with Crippen LogP contribution in [0, 0.1) is 29.6 Å². The van der Waals surface area contributed by atoms with Crippen LogP contribution in [0.25, 0.3) is 0 Å². The third-order valence-electron chi connectivity index (χ3n) is 7.79. The van der Waals surface area contributed by atoms with Crippen molar-refractivity contribution in [3.63, 3.8) is 0 Å². The largest absolute Gasteiger partial charge is 0.361 e. The van der Waals surface area contributed by atoms with Gasteiger partial charge in [0.15, 0.2) is 0 Å². The molecular formula is C24H40F2O. The van der Waals surface area contributed by atoms with Crippen molar-refractivity contribution in [1.29, 1.82) is 0 Å². The second kappa shape index (κ2) is 9.85. The predicted octanol–water partition coefficient (Wildman–Crippen LogP) is 7.75. The van der Waals surface area contributed by atoms with E-state index in [0.717, 1.165) is 50.9 Å². The molecule has 0 radical (unpaired) electrons. The third kappa shape index (κ3) is 5.34. The Bertz CT molecular complexity index is 447. The molecule has 0 N–H and O–H groups in total. The predicted molar refractivity (Wildman–Crippen MR) is 108 cm³/mol. The van der Waals surface area contributed by atoms with E-state index in [1.807, 2.05) is 6.08 Å². The van der Waals surface area contributed by atoms with Crippen LogP contribution in [0.15, 0.2) is 12.7 Å². The molecule has 1 aliphatic heterocycles. The van der Waals surface area contributed by atoms with Gasteiger partial charge in [-0.25, -0.2) is 0 Å². The van der Waals surface area contributed by atoms with Gasteiger partial charge in [-0.2, -0.15) is 8.78 Å². The monoisotopic (exact) mass is 382 g/mol. The highest BCUT2D eigenvalue weighted by Crippen LogP contribution is 2.55. The van der Waals surface area contributed by atoms with Crippen LogP contribution < -0.4 is 0 Å². The minimum atomic E-state index is -2.87. The number of allylic oxidation sites excluding steroid dienone is 1. The summed E-state index contributed by atoms with van der Waals surface area (Å²) in [5, 5.41) is 0. The molecule has 1 heterocycles. The lowest BCUT2D eigenvalue weighted by Gasteiger charge is -2.53. The van der Waals surface area contributed by atoms with E-state index in [9.17, 15) is 8.78 Å². The number of hydrogen-bond acceptors (Lipinski definition) is 1. The SMILES string of the molecule is C=CCC[C@H]1CC[C@H]([C@H]2[C@H](C3CCC(CCCCC)CC3)OC2(F)F)CC1. The van der Waals surface area contributed by atoms with Gasteiger partial charge in [0.1, 0.15) is 0 Å². The molecule has 0 aromatic heterocycles. The average Bonchev–Trinajstić information content (AvgIpc) is 2.67. The van der Waals surface area contributed by atoms with Crippen LogP contribution in [0.5, 0.6) is 0 Å². The van der Waals surface area contributed by atoms with Crippen LogP contribution in [-0.4, -0.2) is 12.2 Å². The van der Waals surface area contributed by atoms with E-state index in [4.69, 9.17) is 4.74 Å². The molecule has 0 amide bonds. The molecule has 27 heavy (non-hydrogen) atoms. The number of halogens is 2. The smallest absolute Gasteiger partial charge is 0.316 e. The van der Waals surface area contributed by atoms with E-state index in [0.29, 0.717) is 11.8 Å². The van der Waals surface area contributed by atoms with Crippen LogP contribution >= 0.6 is 0 Å². The van der Waals surface area contributed by atoms with Gasteiger partial charge in [-0.15, -0.1) is 6.58 Å². The molecule has 3 fully saturated rings. The van der Waals surface area contributed by atoms with Crippen LogP contribution in [0.4, 0.5) is 8.78 Å². The number of unbranched alkanes of at least 4 members (excludes halogenated alkanes) is 2. The van der Waals surface area contributed by atoms with Gasteiger partial charge in [0.25, 0.3) is 0 Å². The van der Waals surface area contributed by atoms with Crippen molar-refractivity contribution < 1.29 is 13.5 Å². The first kappa shape index (κ1) is 21.3. The summed E-state index contributed by atoms with van der Waals surface area (Å²) in [4.78, 5) is 0. The van der Waals surface area contributed by atoms with Gasteiger partial charge in [0, 0.05) is 0 Å². The molecular weight excluding hydrogens is 342 g/mol. The molecule has 0 aromatic carbocycles. The van der Waals surface area contributed by atoms with E-state index in [2.05, 4.69) is 13.5 Å². The summed E-state index contributed by atoms with van der Waals surface area (Å²) in [7, 11) is 0. The summed E-state index contributed by atoms with van der Waals surface area (Å²) in [6.45, 7) is 6.05. The van der Waals surface area contributed by atoms with Crippen LogP contribution in [0.1, 0.15) is 96.8 Å². The van der Waals surface area contributed by atoms with Gasteiger partial charge in [-0.1, -0.05) is 64.4 Å². The number of hydrogen-bond donors (Lipinski definition) is 0. The average molecular weight is 383 g/mol. The maximum absolute atomic E-state index is 14.3. The van der Waals surface area contributed by atoms with E-state index in [1.165, 1.54) is 44.9 Å². The van der Waals surface area contributed by atoms with Gasteiger partial charge in [-0.3, -0.25) is 0 Å². The van der Waals surface area contributed by atoms with E-state index in [1.54, 1.807) is 0 Å². The summed E-state index contributed by atoms with van der Waals surface area (Å²) >= 11 is 0. The van der Waals surface area contributed by atoms with Crippen molar-refractivity contribution in [3.8, 4) is 0 Å². The van der Waals surface area contributed by atoms with Crippen molar-refractivity contribution in [2.75, 3.05) is 0 Å². The maximum atomic E-state index is 14.3. The zero-order valence-corrected chi connectivity index (χ0v) is 17.3. The fraction of sp³-hybridized carbons (Fsp3) is 0.917. The van der Waals surface area contributed by atoms with Crippen molar-refractivity contribution in [2.24, 2.45) is 29.6 Å². The molecule has 3 rings (SSSR count). The zero-order valence-electron chi connectivity index (χ0n) is 17.3. The minimum Gasteiger partial charge on any atom is -0.316 e. The zero-order chi connectivity index (χ0) is 19.3. The first-order valence-corrected chi connectivity index (χ1v) is 11.7. The standard InChI is InChI=1S/C24H40F2O/c1-3-5-7-9-19-12-16-21(17-13-19)23-22(24(25,26)27-23)20-14-10-18(11-15-20)8-6-4-2/h4,18-23H,2-3,5-17H2,1H3/t18-,19?,20-,21?,22-,23-/m0/s1. The molecule has 0 unspecified atom stereocenters. The molecule has 2 atom stereocenters. The molecule has 156 valence electrons. The molecule has 3 aliphatic rings. The van der Waals surface area contributed by atoms with Crippen molar-refractivity contribution in [3.05, 3.63) is 12.7 Å². The summed E-state index contributed by atoms with van der Waals surface area (Å²) in [6.07, 6.45) is 15.2. The Hall–Kier alpha value is -0.440. The quantitative estimate of drug-likeness (QED) is 0.292. The molecule has 2 saturated carbocycles. The fourth-order valence-corrected chi connectivity index (χ4v) is 6.06. The Kier molecular flexibility index (Phi) is 7.76. The first-order chi connectivity index (χ1) is 13.0. The molecule has 3 heteroatoms. The van der Waals surface area contributed by atoms with Gasteiger partial charge in [-0.05, 0) is 62.2 Å². The summed E-state index contributed by atoms with van der Waals surface area (Å²) in [5.74, 6) is 1.56. The summed E-state index contributed by atoms with van der Waals surface area (Å²) in [6, 6.07) is 0. The Morgan fingerprint density at radius 3 is 2.04 bits per heavy atom. The lowest BCUT2D eigenvalue weighted by molar-refractivity contribution is -0.418. The first-order valence-electron chi connectivity index (χ1n) is 11.7. The second-order valence-corrected chi connectivity index (χ2v) is 9.59. The molecule has 1 nitrogen and oxygen atoms in total. The van der Waals surface area contributed by atoms with Gasteiger partial charge < -0.3 is 4.74 Å². The lowest BCUT2D eigenvalue weighted by Crippen LogP contribution is -2.61. The Morgan fingerprint density at radius 2 is 1.48 bits per heavy atom. The third-order valence-corrected chi connectivity index (χ3v) is 7.79. The number of ether oxygens (including phenoxy) is 1. The Balaban J connectivity index is 1.47. The highest BCUT2D eigenvalue weighted by molar-refractivity contribution is 4.98. The second-order valence-electron chi connectivity index (χ2n) is 9.59. The highest BCUT2D eigenvalue weighted by Gasteiger charge is 2.62. The van der Waals surface area contributed by atoms with Crippen LogP contribution in [0.3, 0.4) is 0 Å². The number of rotatable bonds is 9. The fourth-order valence-electron chi connectivity index (χ4n) is 6.06. The van der Waals surface area contributed by atoms with E-state index >= 15 is 0 Å². The Morgan fingerprint density at radius 1 is 0.889 bits per heavy atom. The van der Waals surface area contributed by atoms with E-state index < -0.39 is 12.0 Å². The summed E-state index contributed by atoms with van der Waals surface area (Å²) in [5.41, 5.74) is 0. The highest BCUT2D eigenvalue weighted by atomic mass is 19.3. The topological polar surface area (TPSA) is 9.23 Å². The molecule has 0 aromatic rings. The molecule has 1 saturated heterocycles. The molecule has 0 bridgehead atoms. The van der Waals surface area contributed by atoms with Gasteiger partial charge in [0.2, 0.25) is 0 Å². The maximum Gasteiger partial charge on any atom is 0.361 e. The molecule has 2 aliphatic carbocycles. The van der Waals surface area contributed by atoms with Crippen LogP contribution in [-0.2, 0) is 4.74 Å². The van der Waals surface area contributed by atoms with Crippen LogP contribution in [0.2, 0.25) is 0 Å². The normalized spacial score (nSPS) is 38.9. The minimum absolute atomic E-state index is 0.168. The number of alkyl halides is 2. The summed E-state index contributed by atoms with van der Waals surface area (Å²) < 4.78 is 33.9. The van der Waals surface area contributed by atoms with Gasteiger partial charge in [0.05, 0.1) is 12.0 Å². The van der Waals surface area contributed by atoms with Gasteiger partial charge >= 0.3 is 6.11 Å². The van der Waals surface area contributed by atoms with E-state index in [-0.39, 0.29) is 12.0 Å².